The maximum atomic E-state index is 11.1. The number of hydrogen-bond donors (Lipinski definition) is 0. The lowest BCUT2D eigenvalue weighted by molar-refractivity contribution is -0.145. The lowest BCUT2D eigenvalue weighted by Gasteiger charge is -2.43. The van der Waals surface area contributed by atoms with Gasteiger partial charge in [0.15, 0.2) is 0 Å². The summed E-state index contributed by atoms with van der Waals surface area (Å²) in [7, 11) is -2.59. The summed E-state index contributed by atoms with van der Waals surface area (Å²) in [5.41, 5.74) is 0. The molecule has 0 N–H and O–H groups in total. The number of rotatable bonds is 9. The van der Waals surface area contributed by atoms with Crippen LogP contribution in [-0.2, 0) is 28.2 Å². The Bertz CT molecular complexity index is 1030. The van der Waals surface area contributed by atoms with Gasteiger partial charge in [-0.25, -0.2) is 0 Å². The Kier molecular flexibility index (Phi) is 8.64. The third-order valence-corrected chi connectivity index (χ3v) is 13.7. The molecule has 7 atom stereocenters. The van der Waals surface area contributed by atoms with Crippen molar-refractivity contribution in [3.63, 3.8) is 0 Å². The van der Waals surface area contributed by atoms with Gasteiger partial charge in [-0.05, 0) is 27.8 Å². The fraction of sp³-hybridized carbons (Fsp3) is 0.594. The molecular formula is C32H44O6Si. The molecule has 3 aliphatic heterocycles. The first-order valence-corrected chi connectivity index (χ1v) is 16.4. The zero-order valence-electron chi connectivity index (χ0n) is 24.0. The van der Waals surface area contributed by atoms with E-state index in [0.717, 1.165) is 25.7 Å². The molecule has 7 heteroatoms. The highest BCUT2D eigenvalue weighted by Crippen LogP contribution is 2.40. The first-order chi connectivity index (χ1) is 18.7. The summed E-state index contributed by atoms with van der Waals surface area (Å²) in [5.74, 6) is 0.176. The molecule has 5 rings (SSSR count). The topological polar surface area (TPSA) is 63.2 Å². The second-order valence-corrected chi connectivity index (χ2v) is 16.9. The van der Waals surface area contributed by atoms with Crippen molar-refractivity contribution in [2.75, 3.05) is 13.2 Å². The van der Waals surface area contributed by atoms with E-state index in [9.17, 15) is 4.79 Å². The maximum Gasteiger partial charge on any atom is 0.302 e. The van der Waals surface area contributed by atoms with E-state index >= 15 is 0 Å². The van der Waals surface area contributed by atoms with E-state index in [1.54, 1.807) is 0 Å². The molecular weight excluding hydrogens is 508 g/mol. The average molecular weight is 553 g/mol. The third kappa shape index (κ3) is 6.18. The van der Waals surface area contributed by atoms with Crippen molar-refractivity contribution in [1.82, 2.24) is 0 Å². The zero-order chi connectivity index (χ0) is 27.6. The van der Waals surface area contributed by atoms with Crippen molar-refractivity contribution in [3.8, 4) is 0 Å². The highest BCUT2D eigenvalue weighted by Gasteiger charge is 2.51. The number of carbonyl (C=O) groups is 1. The van der Waals surface area contributed by atoms with Crippen LogP contribution in [0.2, 0.25) is 5.04 Å². The van der Waals surface area contributed by atoms with Crippen LogP contribution in [0.4, 0.5) is 0 Å². The molecule has 3 fully saturated rings. The minimum absolute atomic E-state index is 0.0535. The summed E-state index contributed by atoms with van der Waals surface area (Å²) in [6.07, 6.45) is 3.98. The van der Waals surface area contributed by atoms with E-state index < -0.39 is 8.32 Å². The van der Waals surface area contributed by atoms with Crippen LogP contribution in [0.25, 0.3) is 0 Å². The van der Waals surface area contributed by atoms with Gasteiger partial charge in [0, 0.05) is 26.2 Å². The van der Waals surface area contributed by atoms with Gasteiger partial charge in [0.05, 0.1) is 43.2 Å². The lowest BCUT2D eigenvalue weighted by atomic mass is 9.96. The Morgan fingerprint density at radius 2 is 1.36 bits per heavy atom. The van der Waals surface area contributed by atoms with Gasteiger partial charge >= 0.3 is 5.97 Å². The number of carbonyl (C=O) groups excluding carboxylic acids is 1. The molecule has 39 heavy (non-hydrogen) atoms. The summed E-state index contributed by atoms with van der Waals surface area (Å²) in [4.78, 5) is 11.1. The minimum Gasteiger partial charge on any atom is -0.463 e. The lowest BCUT2D eigenvalue weighted by Crippen LogP contribution is -2.67. The van der Waals surface area contributed by atoms with Gasteiger partial charge in [0.1, 0.15) is 6.61 Å². The highest BCUT2D eigenvalue weighted by molar-refractivity contribution is 6.99. The number of fused-ring (bicyclic) bond motifs is 1. The van der Waals surface area contributed by atoms with Gasteiger partial charge in [0.2, 0.25) is 0 Å². The molecule has 0 aliphatic carbocycles. The van der Waals surface area contributed by atoms with Crippen LogP contribution in [0.15, 0.2) is 60.7 Å². The van der Waals surface area contributed by atoms with E-state index in [2.05, 4.69) is 88.4 Å². The second-order valence-electron chi connectivity index (χ2n) is 12.6. The summed E-state index contributed by atoms with van der Waals surface area (Å²) in [6, 6.07) is 21.6. The molecule has 0 unspecified atom stereocenters. The number of esters is 1. The van der Waals surface area contributed by atoms with E-state index in [1.807, 2.05) is 0 Å². The van der Waals surface area contributed by atoms with Gasteiger partial charge in [-0.1, -0.05) is 88.4 Å². The van der Waals surface area contributed by atoms with E-state index in [0.29, 0.717) is 19.1 Å². The Balaban J connectivity index is 1.21. The fourth-order valence-electron chi connectivity index (χ4n) is 6.82. The molecule has 0 radical (unpaired) electrons. The number of ether oxygens (including phenoxy) is 4. The Morgan fingerprint density at radius 3 is 1.92 bits per heavy atom. The Labute approximate surface area is 234 Å². The molecule has 212 valence electrons. The highest BCUT2D eigenvalue weighted by atomic mass is 28.4. The van der Waals surface area contributed by atoms with Crippen molar-refractivity contribution in [1.29, 1.82) is 0 Å². The van der Waals surface area contributed by atoms with Crippen LogP contribution in [0.3, 0.4) is 0 Å². The van der Waals surface area contributed by atoms with Crippen LogP contribution in [0.1, 0.15) is 60.3 Å². The second kappa shape index (κ2) is 11.8. The molecule has 0 bridgehead atoms. The van der Waals surface area contributed by atoms with Gasteiger partial charge in [-0.2, -0.15) is 0 Å². The summed E-state index contributed by atoms with van der Waals surface area (Å²) < 4.78 is 31.4. The molecule has 0 saturated carbocycles. The molecule has 3 saturated heterocycles. The zero-order valence-corrected chi connectivity index (χ0v) is 25.0. The van der Waals surface area contributed by atoms with Crippen LogP contribution in [0, 0.1) is 5.92 Å². The summed E-state index contributed by atoms with van der Waals surface area (Å²) >= 11 is 0. The first-order valence-electron chi connectivity index (χ1n) is 14.5. The molecule has 3 aliphatic rings. The van der Waals surface area contributed by atoms with Crippen molar-refractivity contribution < 1.29 is 28.2 Å². The fourth-order valence-corrected chi connectivity index (χ4v) is 11.4. The van der Waals surface area contributed by atoms with Gasteiger partial charge in [-0.15, -0.1) is 0 Å². The van der Waals surface area contributed by atoms with Crippen LogP contribution in [-0.4, -0.2) is 64.1 Å². The summed E-state index contributed by atoms with van der Waals surface area (Å²) in [5, 5.41) is 2.54. The van der Waals surface area contributed by atoms with Crippen LogP contribution < -0.4 is 10.4 Å². The van der Waals surface area contributed by atoms with E-state index in [4.69, 9.17) is 23.4 Å². The van der Waals surface area contributed by atoms with Gasteiger partial charge < -0.3 is 23.4 Å². The average Bonchev–Trinajstić information content (AvgIpc) is 3.57. The predicted molar refractivity (Wildman–Crippen MR) is 154 cm³/mol. The SMILES string of the molecule is CC(=O)OC[C@@H]1C[C@H]2O[C@H](C[C@@H]3O[C@@H](CO[Si](c4ccccc4)(c4ccccc4)C(C)(C)C)C[C@@H]3C)C[C@H]2O1. The third-order valence-electron chi connectivity index (χ3n) is 8.65. The predicted octanol–water partition coefficient (Wildman–Crippen LogP) is 4.62. The standard InChI is InChI=1S/C32H44O6Si/c1-22-16-25(37-29(22)17-24-18-30-31(36-24)19-26(38-30)20-34-23(2)33)21-35-39(32(3,4)5,27-12-8-6-9-13-27)28-14-10-7-11-15-28/h6-15,22,24-26,29-31H,16-21H2,1-5H3/t22-,24+,25+,26-,29-,30+,31+/m0/s1. The van der Waals surface area contributed by atoms with Gasteiger partial charge in [0.25, 0.3) is 8.32 Å². The quantitative estimate of drug-likeness (QED) is 0.334. The molecule has 3 heterocycles. The smallest absolute Gasteiger partial charge is 0.302 e. The first kappa shape index (κ1) is 28.5. The molecule has 2 aromatic rings. The minimum atomic E-state index is -2.59. The normalized spacial score (nSPS) is 30.8. The monoisotopic (exact) mass is 552 g/mol. The molecule has 6 nitrogen and oxygen atoms in total. The number of hydrogen-bond acceptors (Lipinski definition) is 6. The molecule has 0 amide bonds. The van der Waals surface area contributed by atoms with E-state index in [-0.39, 0.29) is 47.6 Å². The van der Waals surface area contributed by atoms with Crippen LogP contribution >= 0.6 is 0 Å². The number of benzene rings is 2. The van der Waals surface area contributed by atoms with Crippen molar-refractivity contribution in [3.05, 3.63) is 60.7 Å². The Morgan fingerprint density at radius 1 is 0.821 bits per heavy atom. The molecule has 0 aromatic heterocycles. The molecule has 2 aromatic carbocycles. The van der Waals surface area contributed by atoms with Gasteiger partial charge in [-0.3, -0.25) is 4.79 Å². The van der Waals surface area contributed by atoms with Crippen molar-refractivity contribution >= 4 is 24.7 Å². The Hall–Kier alpha value is -2.03. The largest absolute Gasteiger partial charge is 0.463 e. The summed E-state index contributed by atoms with van der Waals surface area (Å²) in [6.45, 7) is 11.6. The van der Waals surface area contributed by atoms with Crippen LogP contribution in [0.5, 0.6) is 0 Å². The maximum absolute atomic E-state index is 11.1. The van der Waals surface area contributed by atoms with E-state index in [1.165, 1.54) is 17.3 Å². The van der Waals surface area contributed by atoms with Crippen molar-refractivity contribution in [2.45, 2.75) is 102 Å². The molecule has 0 spiro atoms. The van der Waals surface area contributed by atoms with Crippen molar-refractivity contribution in [2.24, 2.45) is 5.92 Å².